The number of carbonyl (C=O) groups excluding carboxylic acids is 1. The summed E-state index contributed by atoms with van der Waals surface area (Å²) >= 11 is 1.30. The van der Waals surface area contributed by atoms with E-state index in [-0.39, 0.29) is 5.91 Å². The van der Waals surface area contributed by atoms with Crippen LogP contribution in [0.5, 0.6) is 5.75 Å². The molecule has 0 spiro atoms. The SMILES string of the molecule is COc1ccc(-c2nnc(S[C@@H](C(=O)N3CCCC3)c3ccccc3)o2)cc1. The van der Waals surface area contributed by atoms with E-state index in [1.54, 1.807) is 7.11 Å². The molecule has 1 aliphatic rings. The van der Waals surface area contributed by atoms with Crippen molar-refractivity contribution >= 4 is 17.7 Å². The van der Waals surface area contributed by atoms with Gasteiger partial charge in [-0.25, -0.2) is 0 Å². The second kappa shape index (κ2) is 8.48. The average Bonchev–Trinajstić information content (AvgIpc) is 3.45. The summed E-state index contributed by atoms with van der Waals surface area (Å²) in [5, 5.41) is 8.28. The number of likely N-dealkylation sites (tertiary alicyclic amines) is 1. The Labute approximate surface area is 167 Å². The summed E-state index contributed by atoms with van der Waals surface area (Å²) in [6.07, 6.45) is 2.11. The average molecular weight is 395 g/mol. The van der Waals surface area contributed by atoms with Crippen molar-refractivity contribution in [2.75, 3.05) is 20.2 Å². The van der Waals surface area contributed by atoms with Crippen LogP contribution >= 0.6 is 11.8 Å². The van der Waals surface area contributed by atoms with E-state index in [9.17, 15) is 4.79 Å². The van der Waals surface area contributed by atoms with Gasteiger partial charge in [0.2, 0.25) is 11.8 Å². The van der Waals surface area contributed by atoms with Crippen molar-refractivity contribution in [3.8, 4) is 17.2 Å². The van der Waals surface area contributed by atoms with Crippen LogP contribution in [-0.4, -0.2) is 41.2 Å². The molecular formula is C21H21N3O3S. The minimum absolute atomic E-state index is 0.0953. The van der Waals surface area contributed by atoms with Crippen LogP contribution in [0.15, 0.2) is 64.2 Å². The van der Waals surface area contributed by atoms with E-state index in [1.807, 2.05) is 59.5 Å². The molecule has 1 amide bonds. The van der Waals surface area contributed by atoms with E-state index in [1.165, 1.54) is 11.8 Å². The number of methoxy groups -OCH3 is 1. The molecule has 28 heavy (non-hydrogen) atoms. The third kappa shape index (κ3) is 4.04. The first-order chi connectivity index (χ1) is 13.7. The highest BCUT2D eigenvalue weighted by Crippen LogP contribution is 2.37. The maximum absolute atomic E-state index is 13.1. The maximum Gasteiger partial charge on any atom is 0.277 e. The molecule has 4 rings (SSSR count). The number of amides is 1. The molecule has 0 bridgehead atoms. The van der Waals surface area contributed by atoms with E-state index < -0.39 is 5.25 Å². The normalized spacial score (nSPS) is 14.8. The summed E-state index contributed by atoms with van der Waals surface area (Å²) in [5.74, 6) is 1.28. The van der Waals surface area contributed by atoms with E-state index in [0.29, 0.717) is 11.1 Å². The van der Waals surface area contributed by atoms with Gasteiger partial charge >= 0.3 is 0 Å². The van der Waals surface area contributed by atoms with Gasteiger partial charge in [0.1, 0.15) is 11.0 Å². The molecule has 7 heteroatoms. The monoisotopic (exact) mass is 395 g/mol. The Morgan fingerprint density at radius 2 is 1.79 bits per heavy atom. The zero-order valence-corrected chi connectivity index (χ0v) is 16.4. The molecule has 6 nitrogen and oxygen atoms in total. The zero-order valence-electron chi connectivity index (χ0n) is 15.6. The van der Waals surface area contributed by atoms with Crippen molar-refractivity contribution in [1.29, 1.82) is 0 Å². The highest BCUT2D eigenvalue weighted by molar-refractivity contribution is 8.00. The molecule has 2 aromatic carbocycles. The van der Waals surface area contributed by atoms with Gasteiger partial charge in [0.15, 0.2) is 0 Å². The van der Waals surface area contributed by atoms with E-state index >= 15 is 0 Å². The van der Waals surface area contributed by atoms with Crippen molar-refractivity contribution < 1.29 is 13.9 Å². The fourth-order valence-corrected chi connectivity index (χ4v) is 4.16. The van der Waals surface area contributed by atoms with Gasteiger partial charge in [-0.15, -0.1) is 10.2 Å². The fraction of sp³-hybridized carbons (Fsp3) is 0.286. The number of hydrogen-bond acceptors (Lipinski definition) is 6. The van der Waals surface area contributed by atoms with Crippen LogP contribution in [0.3, 0.4) is 0 Å². The lowest BCUT2D eigenvalue weighted by Gasteiger charge is -2.22. The van der Waals surface area contributed by atoms with Crippen molar-refractivity contribution in [3.05, 3.63) is 60.2 Å². The Hall–Kier alpha value is -2.80. The molecule has 1 fully saturated rings. The van der Waals surface area contributed by atoms with Crippen LogP contribution in [-0.2, 0) is 4.79 Å². The summed E-state index contributed by atoms with van der Waals surface area (Å²) in [4.78, 5) is 15.0. The number of carbonyl (C=O) groups is 1. The minimum Gasteiger partial charge on any atom is -0.497 e. The lowest BCUT2D eigenvalue weighted by Crippen LogP contribution is -2.31. The van der Waals surface area contributed by atoms with Gasteiger partial charge < -0.3 is 14.1 Å². The summed E-state index contributed by atoms with van der Waals surface area (Å²) in [5.41, 5.74) is 1.75. The molecule has 0 aliphatic carbocycles. The van der Waals surface area contributed by atoms with Crippen molar-refractivity contribution in [2.24, 2.45) is 0 Å². The predicted molar refractivity (Wildman–Crippen MR) is 107 cm³/mol. The van der Waals surface area contributed by atoms with E-state index in [4.69, 9.17) is 9.15 Å². The molecule has 1 aliphatic heterocycles. The van der Waals surface area contributed by atoms with Crippen LogP contribution in [0, 0.1) is 0 Å². The van der Waals surface area contributed by atoms with Crippen LogP contribution < -0.4 is 4.74 Å². The first-order valence-corrected chi connectivity index (χ1v) is 10.1. The third-order valence-electron chi connectivity index (χ3n) is 4.71. The van der Waals surface area contributed by atoms with Crippen molar-refractivity contribution in [1.82, 2.24) is 15.1 Å². The highest BCUT2D eigenvalue weighted by Gasteiger charge is 2.30. The van der Waals surface area contributed by atoms with Gasteiger partial charge in [0, 0.05) is 18.7 Å². The molecule has 1 aromatic heterocycles. The standard InChI is InChI=1S/C21H21N3O3S/c1-26-17-11-9-16(10-12-17)19-22-23-21(27-19)28-18(15-7-3-2-4-8-15)20(25)24-13-5-6-14-24/h2-4,7-12,18H,5-6,13-14H2,1H3/t18-/m1/s1. The lowest BCUT2D eigenvalue weighted by molar-refractivity contribution is -0.129. The minimum atomic E-state index is -0.400. The maximum atomic E-state index is 13.1. The van der Waals surface area contributed by atoms with E-state index in [0.717, 1.165) is 42.8 Å². The quantitative estimate of drug-likeness (QED) is 0.583. The molecule has 2 heterocycles. The van der Waals surface area contributed by atoms with Crippen LogP contribution in [0.4, 0.5) is 0 Å². The molecule has 144 valence electrons. The summed E-state index contributed by atoms with van der Waals surface area (Å²) in [7, 11) is 1.62. The Morgan fingerprint density at radius 3 is 2.46 bits per heavy atom. The van der Waals surface area contributed by atoms with Crippen LogP contribution in [0.1, 0.15) is 23.7 Å². The Kier molecular flexibility index (Phi) is 5.62. The van der Waals surface area contributed by atoms with Crippen LogP contribution in [0.25, 0.3) is 11.5 Å². The summed E-state index contributed by atoms with van der Waals surface area (Å²) in [6.45, 7) is 1.62. The largest absolute Gasteiger partial charge is 0.497 e. The number of hydrogen-bond donors (Lipinski definition) is 0. The fourth-order valence-electron chi connectivity index (χ4n) is 3.20. The first-order valence-electron chi connectivity index (χ1n) is 9.23. The number of benzene rings is 2. The highest BCUT2D eigenvalue weighted by atomic mass is 32.2. The first kappa shape index (κ1) is 18.6. The molecule has 0 unspecified atom stereocenters. The van der Waals surface area contributed by atoms with Crippen LogP contribution in [0.2, 0.25) is 0 Å². The topological polar surface area (TPSA) is 68.5 Å². The second-order valence-electron chi connectivity index (χ2n) is 6.54. The Bertz CT molecular complexity index is 922. The molecule has 1 saturated heterocycles. The second-order valence-corrected chi connectivity index (χ2v) is 7.60. The number of aromatic nitrogens is 2. The number of nitrogens with zero attached hydrogens (tertiary/aromatic N) is 3. The zero-order chi connectivity index (χ0) is 19.3. The molecule has 0 N–H and O–H groups in total. The Balaban J connectivity index is 1.56. The molecule has 1 atom stereocenters. The van der Waals surface area contributed by atoms with Gasteiger partial charge in [0.05, 0.1) is 7.11 Å². The van der Waals surface area contributed by atoms with Gasteiger partial charge in [-0.1, -0.05) is 30.3 Å². The third-order valence-corrected chi connectivity index (χ3v) is 5.78. The summed E-state index contributed by atoms with van der Waals surface area (Å²) in [6, 6.07) is 17.2. The number of thioether (sulfide) groups is 1. The number of ether oxygens (including phenoxy) is 1. The van der Waals surface area contributed by atoms with E-state index in [2.05, 4.69) is 10.2 Å². The van der Waals surface area contributed by atoms with Crippen molar-refractivity contribution in [3.63, 3.8) is 0 Å². The van der Waals surface area contributed by atoms with Gasteiger partial charge in [-0.3, -0.25) is 4.79 Å². The lowest BCUT2D eigenvalue weighted by atomic mass is 10.1. The molecule has 0 saturated carbocycles. The molecular weight excluding hydrogens is 374 g/mol. The van der Waals surface area contributed by atoms with Gasteiger partial charge in [-0.2, -0.15) is 0 Å². The van der Waals surface area contributed by atoms with Gasteiger partial charge in [0.25, 0.3) is 5.22 Å². The molecule has 0 radical (unpaired) electrons. The number of rotatable bonds is 6. The smallest absolute Gasteiger partial charge is 0.277 e. The van der Waals surface area contributed by atoms with Crippen molar-refractivity contribution in [2.45, 2.75) is 23.3 Å². The molecule has 3 aromatic rings. The predicted octanol–water partition coefficient (Wildman–Crippen LogP) is 4.20. The van der Waals surface area contributed by atoms with Gasteiger partial charge in [-0.05, 0) is 54.4 Å². The Morgan fingerprint density at radius 1 is 1.07 bits per heavy atom. The summed E-state index contributed by atoms with van der Waals surface area (Å²) < 4.78 is 11.0.